The van der Waals surface area contributed by atoms with Crippen molar-refractivity contribution in [1.82, 2.24) is 14.8 Å². The van der Waals surface area contributed by atoms with E-state index in [2.05, 4.69) is 10.1 Å². The van der Waals surface area contributed by atoms with E-state index in [9.17, 15) is 4.79 Å². The second-order valence-electron chi connectivity index (χ2n) is 2.64. The Morgan fingerprint density at radius 3 is 3.09 bits per heavy atom. The monoisotopic (exact) mass is 171 g/mol. The average Bonchev–Trinajstić information content (AvgIpc) is 2.53. The Hall–Kier alpha value is -0.900. The maximum absolute atomic E-state index is 10.4. The van der Waals surface area contributed by atoms with Crippen molar-refractivity contribution in [2.45, 2.75) is 17.3 Å². The molecule has 2 rings (SSSR count). The van der Waals surface area contributed by atoms with Gasteiger partial charge in [-0.15, -0.1) is 11.6 Å². The maximum Gasteiger partial charge on any atom is 0.143 e. The molecular weight excluding hydrogens is 166 g/mol. The summed E-state index contributed by atoms with van der Waals surface area (Å²) >= 11 is 5.83. The number of hydrogen-bond acceptors (Lipinski definition) is 3. The zero-order valence-corrected chi connectivity index (χ0v) is 6.40. The van der Waals surface area contributed by atoms with Crippen LogP contribution in [0.2, 0.25) is 0 Å². The highest BCUT2D eigenvalue weighted by atomic mass is 35.5. The van der Waals surface area contributed by atoms with Crippen molar-refractivity contribution in [1.29, 1.82) is 0 Å². The van der Waals surface area contributed by atoms with E-state index < -0.39 is 4.87 Å². The second kappa shape index (κ2) is 2.04. The van der Waals surface area contributed by atoms with Crippen LogP contribution in [0.1, 0.15) is 12.5 Å². The highest BCUT2D eigenvalue weighted by Gasteiger charge is 2.55. The third kappa shape index (κ3) is 0.939. The van der Waals surface area contributed by atoms with Gasteiger partial charge in [0.2, 0.25) is 0 Å². The van der Waals surface area contributed by atoms with Crippen molar-refractivity contribution < 1.29 is 4.79 Å². The molecule has 1 aromatic rings. The first-order chi connectivity index (χ1) is 5.26. The van der Waals surface area contributed by atoms with E-state index in [4.69, 9.17) is 11.6 Å². The first kappa shape index (κ1) is 6.79. The maximum atomic E-state index is 10.4. The Morgan fingerprint density at radius 2 is 2.64 bits per heavy atom. The Balaban J connectivity index is 2.19. The summed E-state index contributed by atoms with van der Waals surface area (Å²) in [4.78, 5) is 13.4. The molecule has 2 unspecified atom stereocenters. The number of carbonyl (C=O) groups is 1. The number of rotatable bonds is 2. The largest absolute Gasteiger partial charge is 0.301 e. The van der Waals surface area contributed by atoms with Crippen molar-refractivity contribution in [3.05, 3.63) is 12.7 Å². The van der Waals surface area contributed by atoms with Gasteiger partial charge in [0.25, 0.3) is 0 Å². The molecule has 0 aliphatic heterocycles. The van der Waals surface area contributed by atoms with Gasteiger partial charge in [-0.05, 0) is 0 Å². The van der Waals surface area contributed by atoms with Gasteiger partial charge in [0.05, 0.1) is 6.04 Å². The summed E-state index contributed by atoms with van der Waals surface area (Å²) in [5, 5.41) is 3.88. The molecule has 0 aromatic carbocycles. The summed E-state index contributed by atoms with van der Waals surface area (Å²) in [6.07, 6.45) is 4.42. The molecule has 1 heterocycles. The van der Waals surface area contributed by atoms with E-state index in [1.807, 2.05) is 0 Å². The lowest BCUT2D eigenvalue weighted by atomic mass is 10.4. The molecule has 1 aromatic heterocycles. The standard InChI is InChI=1S/C6H6ClN3O/c7-6(2-11)1-5(6)10-4-8-3-9-10/h2-5H,1H2. The SMILES string of the molecule is O=CC1(Cl)CC1n1cncn1. The van der Waals surface area contributed by atoms with Crippen LogP contribution in [0.25, 0.3) is 0 Å². The zero-order valence-electron chi connectivity index (χ0n) is 5.64. The summed E-state index contributed by atoms with van der Waals surface area (Å²) < 4.78 is 1.61. The fourth-order valence-corrected chi connectivity index (χ4v) is 1.30. The molecule has 5 heteroatoms. The number of halogens is 1. The molecule has 0 spiro atoms. The predicted octanol–water partition coefficient (Wildman–Crippen LogP) is 0.399. The van der Waals surface area contributed by atoms with Crippen LogP contribution in [-0.2, 0) is 4.79 Å². The molecular formula is C6H6ClN3O. The van der Waals surface area contributed by atoms with E-state index >= 15 is 0 Å². The van der Waals surface area contributed by atoms with Crippen LogP contribution in [0.15, 0.2) is 12.7 Å². The smallest absolute Gasteiger partial charge is 0.143 e. The van der Waals surface area contributed by atoms with Gasteiger partial charge in [0, 0.05) is 6.42 Å². The Kier molecular flexibility index (Phi) is 1.26. The van der Waals surface area contributed by atoms with Crippen molar-refractivity contribution in [3.63, 3.8) is 0 Å². The summed E-state index contributed by atoms with van der Waals surface area (Å²) in [5.74, 6) is 0. The number of aldehydes is 1. The third-order valence-electron chi connectivity index (χ3n) is 1.85. The summed E-state index contributed by atoms with van der Waals surface area (Å²) in [5.41, 5.74) is 0. The van der Waals surface area contributed by atoms with E-state index in [-0.39, 0.29) is 6.04 Å². The van der Waals surface area contributed by atoms with Crippen molar-refractivity contribution in [2.24, 2.45) is 0 Å². The molecule has 58 valence electrons. The van der Waals surface area contributed by atoms with Gasteiger partial charge in [-0.3, -0.25) is 0 Å². The minimum atomic E-state index is -0.715. The van der Waals surface area contributed by atoms with Crippen LogP contribution >= 0.6 is 11.6 Å². The summed E-state index contributed by atoms with van der Waals surface area (Å²) in [7, 11) is 0. The molecule has 4 nitrogen and oxygen atoms in total. The number of hydrogen-bond donors (Lipinski definition) is 0. The molecule has 1 aliphatic rings. The van der Waals surface area contributed by atoms with Gasteiger partial charge in [-0.25, -0.2) is 9.67 Å². The number of aromatic nitrogens is 3. The zero-order chi connectivity index (χ0) is 7.90. The van der Waals surface area contributed by atoms with Crippen LogP contribution < -0.4 is 0 Å². The summed E-state index contributed by atoms with van der Waals surface area (Å²) in [6.45, 7) is 0. The van der Waals surface area contributed by atoms with Gasteiger partial charge in [0.15, 0.2) is 0 Å². The Bertz CT molecular complexity index is 273. The van der Waals surface area contributed by atoms with Gasteiger partial charge >= 0.3 is 0 Å². The molecule has 0 bridgehead atoms. The molecule has 0 amide bonds. The van der Waals surface area contributed by atoms with Crippen molar-refractivity contribution in [2.75, 3.05) is 0 Å². The highest BCUT2D eigenvalue weighted by Crippen LogP contribution is 2.51. The topological polar surface area (TPSA) is 47.8 Å². The average molecular weight is 172 g/mol. The van der Waals surface area contributed by atoms with Crippen LogP contribution in [0, 0.1) is 0 Å². The molecule has 1 aliphatic carbocycles. The molecule has 0 saturated heterocycles. The van der Waals surface area contributed by atoms with Gasteiger partial charge in [0.1, 0.15) is 23.8 Å². The van der Waals surface area contributed by atoms with Gasteiger partial charge in [-0.1, -0.05) is 0 Å². The van der Waals surface area contributed by atoms with Crippen LogP contribution in [-0.4, -0.2) is 25.9 Å². The van der Waals surface area contributed by atoms with E-state index in [0.717, 1.165) is 6.29 Å². The van der Waals surface area contributed by atoms with E-state index in [1.54, 1.807) is 11.0 Å². The van der Waals surface area contributed by atoms with E-state index in [0.29, 0.717) is 6.42 Å². The normalized spacial score (nSPS) is 35.2. The second-order valence-corrected chi connectivity index (χ2v) is 3.34. The molecule has 0 N–H and O–H groups in total. The predicted molar refractivity (Wildman–Crippen MR) is 38.3 cm³/mol. The molecule has 11 heavy (non-hydrogen) atoms. The van der Waals surface area contributed by atoms with Crippen molar-refractivity contribution >= 4 is 17.9 Å². The third-order valence-corrected chi connectivity index (χ3v) is 2.35. The van der Waals surface area contributed by atoms with Crippen molar-refractivity contribution in [3.8, 4) is 0 Å². The Morgan fingerprint density at radius 1 is 1.82 bits per heavy atom. The first-order valence-electron chi connectivity index (χ1n) is 3.25. The highest BCUT2D eigenvalue weighted by molar-refractivity contribution is 6.34. The molecule has 1 fully saturated rings. The number of nitrogens with zero attached hydrogens (tertiary/aromatic N) is 3. The minimum Gasteiger partial charge on any atom is -0.301 e. The van der Waals surface area contributed by atoms with Crippen LogP contribution in [0.4, 0.5) is 0 Å². The Labute approximate surface area is 68.2 Å². The van der Waals surface area contributed by atoms with Gasteiger partial charge < -0.3 is 4.79 Å². The van der Waals surface area contributed by atoms with Crippen LogP contribution in [0.3, 0.4) is 0 Å². The van der Waals surface area contributed by atoms with Crippen LogP contribution in [0.5, 0.6) is 0 Å². The van der Waals surface area contributed by atoms with E-state index in [1.165, 1.54) is 6.33 Å². The lowest BCUT2D eigenvalue weighted by Crippen LogP contribution is -2.08. The number of alkyl halides is 1. The first-order valence-corrected chi connectivity index (χ1v) is 3.63. The molecule has 2 atom stereocenters. The fraction of sp³-hybridized carbons (Fsp3) is 0.500. The number of carbonyl (C=O) groups excluding carboxylic acids is 1. The quantitative estimate of drug-likeness (QED) is 0.478. The minimum absolute atomic E-state index is 0.00386. The molecule has 0 radical (unpaired) electrons. The summed E-state index contributed by atoms with van der Waals surface area (Å²) in [6, 6.07) is 0.00386. The molecule has 1 saturated carbocycles. The lowest BCUT2D eigenvalue weighted by molar-refractivity contribution is -0.108. The van der Waals surface area contributed by atoms with Gasteiger partial charge in [-0.2, -0.15) is 5.10 Å². The fourth-order valence-electron chi connectivity index (χ4n) is 1.06. The lowest BCUT2D eigenvalue weighted by Gasteiger charge is -1.97.